The van der Waals surface area contributed by atoms with Crippen molar-refractivity contribution in [3.63, 3.8) is 0 Å². The largest absolute Gasteiger partial charge is 0.466 e. The van der Waals surface area contributed by atoms with Crippen LogP contribution in [0, 0.1) is 0 Å². The predicted octanol–water partition coefficient (Wildman–Crippen LogP) is 19.4. The van der Waals surface area contributed by atoms with E-state index >= 15 is 0 Å². The van der Waals surface area contributed by atoms with Crippen molar-refractivity contribution in [2.45, 2.75) is 353 Å². The van der Waals surface area contributed by atoms with Crippen molar-refractivity contribution in [1.82, 2.24) is 5.32 Å². The van der Waals surface area contributed by atoms with E-state index in [1.165, 1.54) is 270 Å². The zero-order valence-electron chi connectivity index (χ0n) is 46.6. The summed E-state index contributed by atoms with van der Waals surface area (Å²) < 4.78 is 5.46. The third kappa shape index (κ3) is 55.5. The van der Waals surface area contributed by atoms with Crippen LogP contribution in [-0.2, 0) is 14.3 Å². The number of unbranched alkanes of at least 4 members (excludes halogenated alkanes) is 45. The van der Waals surface area contributed by atoms with Gasteiger partial charge < -0.3 is 20.3 Å². The molecule has 0 rings (SSSR count). The maximum atomic E-state index is 12.5. The van der Waals surface area contributed by atoms with Crippen LogP contribution in [0.3, 0.4) is 0 Å². The molecule has 0 aliphatic rings. The molecule has 0 fully saturated rings. The second kappa shape index (κ2) is 58.9. The molecule has 2 atom stereocenters. The Morgan fingerprint density at radius 3 is 1.03 bits per heavy atom. The number of aliphatic hydroxyl groups is 2. The fourth-order valence-corrected chi connectivity index (χ4v) is 9.69. The van der Waals surface area contributed by atoms with Crippen molar-refractivity contribution in [3.05, 3.63) is 24.3 Å². The number of carbonyl (C=O) groups is 2. The lowest BCUT2D eigenvalue weighted by molar-refractivity contribution is -0.143. The lowest BCUT2D eigenvalue weighted by Gasteiger charge is -2.20. The maximum absolute atomic E-state index is 12.5. The second-order valence-corrected chi connectivity index (χ2v) is 21.4. The molecule has 0 bridgehead atoms. The van der Waals surface area contributed by atoms with Crippen LogP contribution in [0.15, 0.2) is 24.3 Å². The molecular formula is C63H121NO5. The standard InChI is InChI=1S/C63H121NO5/c1-3-5-7-9-11-13-15-16-17-18-23-26-29-32-36-39-43-47-51-55-61(66)60(59-65)64-62(67)56-52-48-44-40-37-33-30-27-24-21-19-20-22-25-28-31-34-38-42-46-50-54-58-69-63(68)57-53-49-45-41-35-14-12-10-8-6-4-2/h21,24,51,55,60-61,65-66H,3-20,22-23,25-50,52-54,56-59H2,1-2H3,(H,64,67)/b24-21-,55-51+. The summed E-state index contributed by atoms with van der Waals surface area (Å²) in [6, 6.07) is -0.633. The van der Waals surface area contributed by atoms with Crippen LogP contribution in [0.4, 0.5) is 0 Å². The van der Waals surface area contributed by atoms with Gasteiger partial charge in [-0.15, -0.1) is 0 Å². The molecule has 3 N–H and O–H groups in total. The maximum Gasteiger partial charge on any atom is 0.305 e. The Bertz CT molecular complexity index is 1080. The van der Waals surface area contributed by atoms with Gasteiger partial charge in [-0.25, -0.2) is 0 Å². The predicted molar refractivity (Wildman–Crippen MR) is 301 cm³/mol. The number of nitrogens with one attached hydrogen (secondary N) is 1. The van der Waals surface area contributed by atoms with Crippen LogP contribution >= 0.6 is 0 Å². The summed E-state index contributed by atoms with van der Waals surface area (Å²) in [7, 11) is 0. The molecule has 6 heteroatoms. The van der Waals surface area contributed by atoms with Gasteiger partial charge in [0.2, 0.25) is 5.91 Å². The fourth-order valence-electron chi connectivity index (χ4n) is 9.69. The highest BCUT2D eigenvalue weighted by Crippen LogP contribution is 2.17. The lowest BCUT2D eigenvalue weighted by Crippen LogP contribution is -2.45. The van der Waals surface area contributed by atoms with E-state index in [4.69, 9.17) is 4.74 Å². The molecule has 1 amide bonds. The van der Waals surface area contributed by atoms with E-state index in [0.29, 0.717) is 19.4 Å². The van der Waals surface area contributed by atoms with E-state index < -0.39 is 12.1 Å². The average molecular weight is 973 g/mol. The van der Waals surface area contributed by atoms with Crippen molar-refractivity contribution >= 4 is 11.9 Å². The highest BCUT2D eigenvalue weighted by atomic mass is 16.5. The normalized spacial score (nSPS) is 12.7. The van der Waals surface area contributed by atoms with E-state index in [2.05, 4.69) is 31.3 Å². The third-order valence-corrected chi connectivity index (χ3v) is 14.5. The summed E-state index contributed by atoms with van der Waals surface area (Å²) in [6.45, 7) is 4.92. The molecule has 0 aromatic carbocycles. The number of amides is 1. The number of hydrogen-bond acceptors (Lipinski definition) is 5. The molecule has 0 radical (unpaired) electrons. The number of esters is 1. The Morgan fingerprint density at radius 2 is 0.681 bits per heavy atom. The highest BCUT2D eigenvalue weighted by Gasteiger charge is 2.18. The van der Waals surface area contributed by atoms with E-state index in [1.54, 1.807) is 6.08 Å². The summed E-state index contributed by atoms with van der Waals surface area (Å²) in [5, 5.41) is 23.2. The molecule has 0 saturated heterocycles. The van der Waals surface area contributed by atoms with Crippen LogP contribution in [0.5, 0.6) is 0 Å². The first-order chi connectivity index (χ1) is 34.0. The van der Waals surface area contributed by atoms with Gasteiger partial charge in [0.15, 0.2) is 0 Å². The zero-order chi connectivity index (χ0) is 50.0. The van der Waals surface area contributed by atoms with Crippen molar-refractivity contribution in [1.29, 1.82) is 0 Å². The summed E-state index contributed by atoms with van der Waals surface area (Å²) in [6.07, 6.45) is 72.2. The number of allylic oxidation sites excluding steroid dienone is 3. The van der Waals surface area contributed by atoms with Crippen molar-refractivity contribution in [3.8, 4) is 0 Å². The topological polar surface area (TPSA) is 95.9 Å². The number of ether oxygens (including phenoxy) is 1. The Hall–Kier alpha value is -1.66. The molecule has 0 saturated carbocycles. The molecule has 0 aromatic rings. The minimum Gasteiger partial charge on any atom is -0.466 e. The SMILES string of the molecule is CCCCCCCCCCCCCCCCCCC/C=C/C(O)C(CO)NC(=O)CCCCCCCCC/C=C\CCCCCCCCCCCCCOC(=O)CCCCCCCCCCCCC. The first-order valence-electron chi connectivity index (χ1n) is 31.1. The molecule has 0 aromatic heterocycles. The molecule has 69 heavy (non-hydrogen) atoms. The Kier molecular flexibility index (Phi) is 57.5. The van der Waals surface area contributed by atoms with Gasteiger partial charge >= 0.3 is 5.97 Å². The van der Waals surface area contributed by atoms with Gasteiger partial charge in [-0.3, -0.25) is 9.59 Å². The Labute approximate surface area is 431 Å². The fraction of sp³-hybridized carbons (Fsp3) is 0.905. The number of carbonyl (C=O) groups excluding carboxylic acids is 2. The van der Waals surface area contributed by atoms with Crippen LogP contribution in [-0.4, -0.2) is 47.4 Å². The van der Waals surface area contributed by atoms with E-state index in [1.807, 2.05) is 6.08 Å². The van der Waals surface area contributed by atoms with Crippen LogP contribution in [0.1, 0.15) is 341 Å². The van der Waals surface area contributed by atoms with Crippen LogP contribution in [0.25, 0.3) is 0 Å². The molecule has 6 nitrogen and oxygen atoms in total. The minimum atomic E-state index is -0.849. The third-order valence-electron chi connectivity index (χ3n) is 14.5. The smallest absolute Gasteiger partial charge is 0.305 e. The summed E-state index contributed by atoms with van der Waals surface area (Å²) in [5.74, 6) is -0.0629. The van der Waals surface area contributed by atoms with E-state index in [9.17, 15) is 19.8 Å². The summed E-state index contributed by atoms with van der Waals surface area (Å²) >= 11 is 0. The first kappa shape index (κ1) is 67.3. The van der Waals surface area contributed by atoms with Crippen molar-refractivity contribution in [2.75, 3.05) is 13.2 Å². The zero-order valence-corrected chi connectivity index (χ0v) is 46.6. The summed E-state index contributed by atoms with van der Waals surface area (Å²) in [5.41, 5.74) is 0. The highest BCUT2D eigenvalue weighted by molar-refractivity contribution is 5.76. The van der Waals surface area contributed by atoms with Gasteiger partial charge in [-0.2, -0.15) is 0 Å². The van der Waals surface area contributed by atoms with Crippen LogP contribution < -0.4 is 5.32 Å². The van der Waals surface area contributed by atoms with Gasteiger partial charge in [0, 0.05) is 12.8 Å². The molecule has 0 spiro atoms. The average Bonchev–Trinajstić information content (AvgIpc) is 3.35. The van der Waals surface area contributed by atoms with Crippen LogP contribution in [0.2, 0.25) is 0 Å². The van der Waals surface area contributed by atoms with Gasteiger partial charge in [0.1, 0.15) is 0 Å². The number of hydrogen-bond donors (Lipinski definition) is 3. The number of rotatable bonds is 58. The molecule has 0 aliphatic heterocycles. The van der Waals surface area contributed by atoms with Gasteiger partial charge in [-0.05, 0) is 57.8 Å². The molecule has 2 unspecified atom stereocenters. The Balaban J connectivity index is 3.45. The minimum absolute atomic E-state index is 0.00939. The second-order valence-electron chi connectivity index (χ2n) is 21.4. The molecule has 0 heterocycles. The molecular weight excluding hydrogens is 851 g/mol. The van der Waals surface area contributed by atoms with Crippen molar-refractivity contribution in [2.24, 2.45) is 0 Å². The monoisotopic (exact) mass is 972 g/mol. The quantitative estimate of drug-likeness (QED) is 0.0321. The number of aliphatic hydroxyl groups excluding tert-OH is 2. The molecule has 408 valence electrons. The van der Waals surface area contributed by atoms with E-state index in [0.717, 1.165) is 44.9 Å². The van der Waals surface area contributed by atoms with Crippen molar-refractivity contribution < 1.29 is 24.5 Å². The lowest BCUT2D eigenvalue weighted by atomic mass is 10.0. The van der Waals surface area contributed by atoms with Gasteiger partial charge in [-0.1, -0.05) is 295 Å². The van der Waals surface area contributed by atoms with Gasteiger partial charge in [0.25, 0.3) is 0 Å². The van der Waals surface area contributed by atoms with Gasteiger partial charge in [0.05, 0.1) is 25.4 Å². The molecule has 0 aliphatic carbocycles. The summed E-state index contributed by atoms with van der Waals surface area (Å²) in [4.78, 5) is 24.5. The first-order valence-corrected chi connectivity index (χ1v) is 31.1. The Morgan fingerprint density at radius 1 is 0.391 bits per heavy atom. The van der Waals surface area contributed by atoms with E-state index in [-0.39, 0.29) is 18.5 Å².